The van der Waals surface area contributed by atoms with Gasteiger partial charge in [-0.25, -0.2) is 0 Å². The zero-order chi connectivity index (χ0) is 17.2. The van der Waals surface area contributed by atoms with Gasteiger partial charge in [0.15, 0.2) is 5.78 Å². The fraction of sp³-hybridized carbons (Fsp3) is 0.737. The third-order valence-corrected chi connectivity index (χ3v) is 9.29. The highest BCUT2D eigenvalue weighted by Crippen LogP contribution is 2.42. The molecule has 1 rings (SSSR count). The lowest BCUT2D eigenvalue weighted by molar-refractivity contribution is -0.116. The quantitative estimate of drug-likeness (QED) is 0.458. The molecule has 0 saturated heterocycles. The molecule has 0 aromatic heterocycles. The van der Waals surface area contributed by atoms with Crippen molar-refractivity contribution in [3.8, 4) is 0 Å². The number of hydrogen-bond acceptors (Lipinski definition) is 2. The van der Waals surface area contributed by atoms with Crippen molar-refractivity contribution in [2.75, 3.05) is 0 Å². The third-order valence-electron chi connectivity index (χ3n) is 4.90. The molecule has 0 saturated carbocycles. The molecule has 0 aromatic rings. The Balaban J connectivity index is 2.88. The van der Waals surface area contributed by atoms with Crippen molar-refractivity contribution in [1.82, 2.24) is 0 Å². The predicted molar refractivity (Wildman–Crippen MR) is 97.4 cm³/mol. The molecule has 1 aliphatic carbocycles. The van der Waals surface area contributed by atoms with E-state index in [9.17, 15) is 4.79 Å². The average Bonchev–Trinajstić information content (AvgIpc) is 2.23. The molecule has 0 radical (unpaired) electrons. The number of rotatable bonds is 5. The first-order valence-corrected chi connectivity index (χ1v) is 11.3. The van der Waals surface area contributed by atoms with Crippen LogP contribution in [0.25, 0.3) is 0 Å². The van der Waals surface area contributed by atoms with Crippen molar-refractivity contribution in [2.45, 2.75) is 85.4 Å². The van der Waals surface area contributed by atoms with Crippen LogP contribution < -0.4 is 0 Å². The first kappa shape index (κ1) is 19.2. The molecule has 0 aromatic carbocycles. The SMILES string of the molecule is CC(C)=CC(=O)CC1(C)C=C(O[Si](C)(C)C(C)(C)C)CCC1. The normalized spacial score (nSPS) is 22.8. The van der Waals surface area contributed by atoms with Crippen LogP contribution in [0, 0.1) is 5.41 Å². The van der Waals surface area contributed by atoms with Gasteiger partial charge >= 0.3 is 0 Å². The van der Waals surface area contributed by atoms with Crippen LogP contribution in [0.4, 0.5) is 0 Å². The van der Waals surface area contributed by atoms with Crippen LogP contribution in [0.15, 0.2) is 23.5 Å². The highest BCUT2D eigenvalue weighted by molar-refractivity contribution is 6.74. The highest BCUT2D eigenvalue weighted by Gasteiger charge is 2.40. The summed E-state index contributed by atoms with van der Waals surface area (Å²) < 4.78 is 6.47. The molecule has 0 aliphatic heterocycles. The summed E-state index contributed by atoms with van der Waals surface area (Å²) >= 11 is 0. The van der Waals surface area contributed by atoms with Crippen LogP contribution in [0.2, 0.25) is 18.1 Å². The van der Waals surface area contributed by atoms with Crippen LogP contribution in [-0.4, -0.2) is 14.1 Å². The van der Waals surface area contributed by atoms with E-state index in [-0.39, 0.29) is 16.2 Å². The molecule has 3 heteroatoms. The first-order valence-electron chi connectivity index (χ1n) is 8.43. The second-order valence-corrected chi connectivity index (χ2v) is 13.6. The molecule has 0 bridgehead atoms. The van der Waals surface area contributed by atoms with E-state index in [4.69, 9.17) is 4.43 Å². The first-order chi connectivity index (χ1) is 9.85. The Morgan fingerprint density at radius 3 is 2.45 bits per heavy atom. The lowest BCUT2D eigenvalue weighted by Gasteiger charge is -2.40. The molecular formula is C19H34O2Si. The fourth-order valence-electron chi connectivity index (χ4n) is 2.67. The Morgan fingerprint density at radius 2 is 1.95 bits per heavy atom. The topological polar surface area (TPSA) is 26.3 Å². The average molecular weight is 323 g/mol. The molecule has 0 fully saturated rings. The maximum Gasteiger partial charge on any atom is 0.250 e. The van der Waals surface area contributed by atoms with Crippen LogP contribution >= 0.6 is 0 Å². The largest absolute Gasteiger partial charge is 0.547 e. The van der Waals surface area contributed by atoms with E-state index in [1.54, 1.807) is 6.08 Å². The van der Waals surface area contributed by atoms with Gasteiger partial charge in [-0.05, 0) is 62.4 Å². The Labute approximate surface area is 138 Å². The van der Waals surface area contributed by atoms with Crippen LogP contribution in [0.5, 0.6) is 0 Å². The second-order valence-electron chi connectivity index (χ2n) is 8.85. The zero-order valence-electron chi connectivity index (χ0n) is 15.8. The number of carbonyl (C=O) groups excluding carboxylic acids is 1. The van der Waals surface area contributed by atoms with Gasteiger partial charge in [-0.1, -0.05) is 33.3 Å². The van der Waals surface area contributed by atoms with Gasteiger partial charge in [-0.2, -0.15) is 0 Å². The van der Waals surface area contributed by atoms with E-state index >= 15 is 0 Å². The van der Waals surface area contributed by atoms with Crippen molar-refractivity contribution in [3.05, 3.63) is 23.5 Å². The summed E-state index contributed by atoms with van der Waals surface area (Å²) in [6, 6.07) is 0. The van der Waals surface area contributed by atoms with Crippen LogP contribution in [-0.2, 0) is 9.22 Å². The molecule has 0 N–H and O–H groups in total. The van der Waals surface area contributed by atoms with Crippen LogP contribution in [0.3, 0.4) is 0 Å². The Morgan fingerprint density at radius 1 is 1.36 bits per heavy atom. The van der Waals surface area contributed by atoms with E-state index in [2.05, 4.69) is 46.9 Å². The molecule has 126 valence electrons. The van der Waals surface area contributed by atoms with Crippen molar-refractivity contribution >= 4 is 14.1 Å². The van der Waals surface area contributed by atoms with Crippen molar-refractivity contribution in [3.63, 3.8) is 0 Å². The lowest BCUT2D eigenvalue weighted by Crippen LogP contribution is -2.41. The van der Waals surface area contributed by atoms with E-state index in [1.807, 2.05) is 13.8 Å². The summed E-state index contributed by atoms with van der Waals surface area (Å²) in [7, 11) is -1.79. The van der Waals surface area contributed by atoms with Gasteiger partial charge < -0.3 is 4.43 Å². The minimum absolute atomic E-state index is 0.0566. The second kappa shape index (κ2) is 6.73. The summed E-state index contributed by atoms with van der Waals surface area (Å²) in [4.78, 5) is 12.1. The van der Waals surface area contributed by atoms with E-state index in [0.29, 0.717) is 6.42 Å². The standard InChI is InChI=1S/C19H34O2Si/c1-15(2)12-16(20)13-19(6)11-9-10-17(14-19)21-22(7,8)18(3,4)5/h12,14H,9-11,13H2,1-8H3. The minimum Gasteiger partial charge on any atom is -0.547 e. The van der Waals surface area contributed by atoms with E-state index in [0.717, 1.165) is 30.6 Å². The molecular weight excluding hydrogens is 288 g/mol. The molecule has 0 heterocycles. The molecule has 0 amide bonds. The Kier molecular flexibility index (Phi) is 5.88. The monoisotopic (exact) mass is 322 g/mol. The van der Waals surface area contributed by atoms with Gasteiger partial charge in [0, 0.05) is 12.8 Å². The number of hydrogen-bond donors (Lipinski definition) is 0. The number of carbonyl (C=O) groups is 1. The van der Waals surface area contributed by atoms with Gasteiger partial charge in [-0.3, -0.25) is 4.79 Å². The van der Waals surface area contributed by atoms with E-state index < -0.39 is 8.32 Å². The van der Waals surface area contributed by atoms with Crippen molar-refractivity contribution < 1.29 is 9.22 Å². The maximum absolute atomic E-state index is 12.1. The van der Waals surface area contributed by atoms with E-state index in [1.165, 1.54) is 0 Å². The summed E-state index contributed by atoms with van der Waals surface area (Å²) in [5, 5.41) is 0.208. The molecule has 2 nitrogen and oxygen atoms in total. The molecule has 1 atom stereocenters. The lowest BCUT2D eigenvalue weighted by atomic mass is 9.76. The predicted octanol–water partition coefficient (Wildman–Crippen LogP) is 6.01. The fourth-order valence-corrected chi connectivity index (χ4v) is 3.79. The molecule has 0 spiro atoms. The molecule has 1 unspecified atom stereocenters. The maximum atomic E-state index is 12.1. The summed E-state index contributed by atoms with van der Waals surface area (Å²) in [6.45, 7) is 17.5. The van der Waals surface area contributed by atoms with Gasteiger partial charge in [0.2, 0.25) is 8.32 Å². The van der Waals surface area contributed by atoms with Gasteiger partial charge in [-0.15, -0.1) is 0 Å². The Hall–Kier alpha value is -0.833. The summed E-state index contributed by atoms with van der Waals surface area (Å²) in [5.74, 6) is 1.35. The zero-order valence-corrected chi connectivity index (χ0v) is 16.8. The highest BCUT2D eigenvalue weighted by atomic mass is 28.4. The van der Waals surface area contributed by atoms with Crippen molar-refractivity contribution in [1.29, 1.82) is 0 Å². The van der Waals surface area contributed by atoms with Crippen molar-refractivity contribution in [2.24, 2.45) is 5.41 Å². The van der Waals surface area contributed by atoms with Gasteiger partial charge in [0.05, 0.1) is 5.76 Å². The third kappa shape index (κ3) is 5.42. The van der Waals surface area contributed by atoms with Gasteiger partial charge in [0.25, 0.3) is 0 Å². The number of allylic oxidation sites excluding steroid dienone is 4. The van der Waals surface area contributed by atoms with Crippen LogP contribution in [0.1, 0.15) is 67.2 Å². The number of ketones is 1. The Bertz CT molecular complexity index is 476. The summed E-state index contributed by atoms with van der Waals surface area (Å²) in [6.07, 6.45) is 7.79. The summed E-state index contributed by atoms with van der Waals surface area (Å²) in [5.41, 5.74) is 1.02. The minimum atomic E-state index is -1.79. The smallest absolute Gasteiger partial charge is 0.250 e. The van der Waals surface area contributed by atoms with Gasteiger partial charge in [0.1, 0.15) is 0 Å². The molecule has 1 aliphatic rings. The molecule has 22 heavy (non-hydrogen) atoms.